The van der Waals surface area contributed by atoms with Crippen LogP contribution in [0.4, 0.5) is 0 Å². The Morgan fingerprint density at radius 2 is 1.76 bits per heavy atom. The van der Waals surface area contributed by atoms with Gasteiger partial charge in [0.15, 0.2) is 0 Å². The summed E-state index contributed by atoms with van der Waals surface area (Å²) < 4.78 is 33.3. The molecule has 1 fully saturated rings. The van der Waals surface area contributed by atoms with Gasteiger partial charge in [-0.25, -0.2) is 0 Å². The van der Waals surface area contributed by atoms with Crippen molar-refractivity contribution in [3.8, 4) is 5.75 Å². The average molecular weight is 411 g/mol. The molecule has 2 aromatic carbocycles. The van der Waals surface area contributed by atoms with Crippen LogP contribution in [0.25, 0.3) is 10.9 Å². The molecule has 0 atom stereocenters. The van der Waals surface area contributed by atoms with Crippen molar-refractivity contribution in [1.29, 1.82) is 0 Å². The van der Waals surface area contributed by atoms with E-state index in [9.17, 15) is 8.42 Å². The lowest BCUT2D eigenvalue weighted by Crippen LogP contribution is -2.29. The molecule has 0 radical (unpaired) electrons. The summed E-state index contributed by atoms with van der Waals surface area (Å²) in [6.07, 6.45) is 4.59. The minimum absolute atomic E-state index is 0.176. The summed E-state index contributed by atoms with van der Waals surface area (Å²) in [5.74, 6) is 0.920. The first-order chi connectivity index (χ1) is 14.0. The fourth-order valence-corrected chi connectivity index (χ4v) is 5.85. The second kappa shape index (κ2) is 7.18. The van der Waals surface area contributed by atoms with Crippen LogP contribution in [0.5, 0.6) is 5.75 Å². The molecule has 5 nitrogen and oxygen atoms in total. The number of piperidine rings is 1. The number of nitrogens with zero attached hydrogens (tertiary/aromatic N) is 2. The molecular formula is C23H26N2O3S. The molecule has 152 valence electrons. The highest BCUT2D eigenvalue weighted by atomic mass is 32.2. The number of fused-ring (bicyclic) bond motifs is 3. The van der Waals surface area contributed by atoms with Crippen LogP contribution in [-0.4, -0.2) is 38.0 Å². The first kappa shape index (κ1) is 18.7. The molecule has 0 aliphatic carbocycles. The summed E-state index contributed by atoms with van der Waals surface area (Å²) in [4.78, 5) is 2.56. The van der Waals surface area contributed by atoms with Crippen molar-refractivity contribution < 1.29 is 12.6 Å². The van der Waals surface area contributed by atoms with Crippen LogP contribution in [-0.2, 0) is 23.1 Å². The summed E-state index contributed by atoms with van der Waals surface area (Å²) in [5.41, 5.74) is 4.07. The van der Waals surface area contributed by atoms with E-state index in [2.05, 4.69) is 16.5 Å². The average Bonchev–Trinajstić information content (AvgIpc) is 3.30. The Balaban J connectivity index is 1.55. The lowest BCUT2D eigenvalue weighted by Gasteiger charge is -2.29. The number of rotatable bonds is 4. The zero-order valence-electron chi connectivity index (χ0n) is 16.7. The molecular weight excluding hydrogens is 384 g/mol. The van der Waals surface area contributed by atoms with E-state index in [1.165, 1.54) is 23.2 Å². The molecule has 3 heterocycles. The van der Waals surface area contributed by atoms with Crippen LogP contribution < -0.4 is 4.18 Å². The van der Waals surface area contributed by atoms with Gasteiger partial charge in [-0.3, -0.25) is 0 Å². The van der Waals surface area contributed by atoms with Crippen LogP contribution in [0.15, 0.2) is 53.4 Å². The maximum Gasteiger partial charge on any atom is 0.339 e. The summed E-state index contributed by atoms with van der Waals surface area (Å²) >= 11 is 0. The Labute approximate surface area is 172 Å². The molecule has 3 aromatic rings. The van der Waals surface area contributed by atoms with Crippen molar-refractivity contribution in [2.45, 2.75) is 43.0 Å². The predicted octanol–water partition coefficient (Wildman–Crippen LogP) is 4.16. The van der Waals surface area contributed by atoms with E-state index >= 15 is 0 Å². The molecule has 1 aromatic heterocycles. The number of hydrogen-bond donors (Lipinski definition) is 0. The molecule has 0 spiro atoms. The van der Waals surface area contributed by atoms with Gasteiger partial charge in [-0.1, -0.05) is 18.2 Å². The molecule has 0 bridgehead atoms. The van der Waals surface area contributed by atoms with Crippen LogP contribution >= 0.6 is 0 Å². The van der Waals surface area contributed by atoms with E-state index < -0.39 is 10.1 Å². The molecule has 0 saturated carbocycles. The number of benzene rings is 2. The van der Waals surface area contributed by atoms with Gasteiger partial charge in [0.1, 0.15) is 10.6 Å². The Kier molecular flexibility index (Phi) is 4.63. The number of likely N-dealkylation sites (tertiary alicyclic amines) is 1. The highest BCUT2D eigenvalue weighted by Gasteiger charge is 2.29. The Morgan fingerprint density at radius 3 is 2.52 bits per heavy atom. The highest BCUT2D eigenvalue weighted by molar-refractivity contribution is 7.87. The van der Waals surface area contributed by atoms with Crippen LogP contribution in [0.3, 0.4) is 0 Å². The first-order valence-electron chi connectivity index (χ1n) is 10.4. The van der Waals surface area contributed by atoms with Crippen molar-refractivity contribution in [2.24, 2.45) is 0 Å². The van der Waals surface area contributed by atoms with E-state index in [1.807, 2.05) is 12.1 Å². The standard InChI is InChI=1S/C23H26N2O3S/c1-24-14-11-17(12-15-24)23-20-16-18(9-10-21(20)25-13-5-8-22(23)25)28-29(26,27)19-6-3-2-4-7-19/h2-4,6-7,9-10,16-17H,5,8,11-15H2,1H3. The van der Waals surface area contributed by atoms with Crippen molar-refractivity contribution in [3.63, 3.8) is 0 Å². The van der Waals surface area contributed by atoms with Gasteiger partial charge in [0.05, 0.1) is 0 Å². The SMILES string of the molecule is CN1CCC(c2c3n(c4ccc(OS(=O)(=O)c5ccccc5)cc24)CCC3)CC1. The maximum absolute atomic E-state index is 12.7. The van der Waals surface area contributed by atoms with E-state index in [1.54, 1.807) is 36.4 Å². The lowest BCUT2D eigenvalue weighted by atomic mass is 9.87. The van der Waals surface area contributed by atoms with Crippen molar-refractivity contribution in [3.05, 3.63) is 59.8 Å². The number of hydrogen-bond acceptors (Lipinski definition) is 4. The molecule has 0 N–H and O–H groups in total. The normalized spacial score (nSPS) is 18.2. The zero-order valence-corrected chi connectivity index (χ0v) is 17.5. The second-order valence-electron chi connectivity index (χ2n) is 8.22. The van der Waals surface area contributed by atoms with E-state index in [0.717, 1.165) is 44.3 Å². The van der Waals surface area contributed by atoms with Gasteiger partial charge in [-0.2, -0.15) is 8.42 Å². The highest BCUT2D eigenvalue weighted by Crippen LogP contribution is 2.41. The van der Waals surface area contributed by atoms with Gasteiger partial charge >= 0.3 is 10.1 Å². The third kappa shape index (κ3) is 3.34. The maximum atomic E-state index is 12.7. The minimum Gasteiger partial charge on any atom is -0.379 e. The lowest BCUT2D eigenvalue weighted by molar-refractivity contribution is 0.255. The first-order valence-corrected chi connectivity index (χ1v) is 11.8. The molecule has 6 heteroatoms. The third-order valence-electron chi connectivity index (χ3n) is 6.35. The smallest absolute Gasteiger partial charge is 0.339 e. The summed E-state index contributed by atoms with van der Waals surface area (Å²) in [6.45, 7) is 3.26. The van der Waals surface area contributed by atoms with Gasteiger partial charge in [0.25, 0.3) is 0 Å². The van der Waals surface area contributed by atoms with E-state index in [-0.39, 0.29) is 4.90 Å². The van der Waals surface area contributed by atoms with E-state index in [0.29, 0.717) is 11.7 Å². The summed E-state index contributed by atoms with van der Waals surface area (Å²) in [6, 6.07) is 14.1. The largest absolute Gasteiger partial charge is 0.379 e. The quantitative estimate of drug-likeness (QED) is 0.606. The summed E-state index contributed by atoms with van der Waals surface area (Å²) in [5, 5.41) is 1.16. The molecule has 2 aliphatic heterocycles. The fourth-order valence-electron chi connectivity index (χ4n) is 4.91. The van der Waals surface area contributed by atoms with Crippen LogP contribution in [0.2, 0.25) is 0 Å². The van der Waals surface area contributed by atoms with Gasteiger partial charge in [0, 0.05) is 23.1 Å². The van der Waals surface area contributed by atoms with Crippen LogP contribution in [0.1, 0.15) is 36.4 Å². The predicted molar refractivity (Wildman–Crippen MR) is 114 cm³/mol. The topological polar surface area (TPSA) is 51.5 Å². The van der Waals surface area contributed by atoms with E-state index in [4.69, 9.17) is 4.18 Å². The van der Waals surface area contributed by atoms with Gasteiger partial charge < -0.3 is 13.7 Å². The number of aryl methyl sites for hydroxylation is 1. The fraction of sp³-hybridized carbons (Fsp3) is 0.391. The third-order valence-corrected chi connectivity index (χ3v) is 7.61. The monoisotopic (exact) mass is 410 g/mol. The Hall–Kier alpha value is -2.31. The van der Waals surface area contributed by atoms with Crippen molar-refractivity contribution >= 4 is 21.0 Å². The van der Waals surface area contributed by atoms with Crippen molar-refractivity contribution in [2.75, 3.05) is 20.1 Å². The zero-order chi connectivity index (χ0) is 20.0. The van der Waals surface area contributed by atoms with Gasteiger partial charge in [0.2, 0.25) is 0 Å². The molecule has 0 amide bonds. The molecule has 29 heavy (non-hydrogen) atoms. The second-order valence-corrected chi connectivity index (χ2v) is 9.77. The van der Waals surface area contributed by atoms with Gasteiger partial charge in [-0.05, 0) is 87.6 Å². The Morgan fingerprint density at radius 1 is 1.00 bits per heavy atom. The van der Waals surface area contributed by atoms with Crippen molar-refractivity contribution in [1.82, 2.24) is 9.47 Å². The Bertz CT molecular complexity index is 1140. The van der Waals surface area contributed by atoms with Crippen LogP contribution in [0, 0.1) is 0 Å². The molecule has 5 rings (SSSR count). The molecule has 1 saturated heterocycles. The summed E-state index contributed by atoms with van der Waals surface area (Å²) in [7, 11) is -1.66. The molecule has 0 unspecified atom stereocenters. The number of aromatic nitrogens is 1. The van der Waals surface area contributed by atoms with Gasteiger partial charge in [-0.15, -0.1) is 0 Å². The minimum atomic E-state index is -3.84. The molecule has 2 aliphatic rings.